The van der Waals surface area contributed by atoms with E-state index in [4.69, 9.17) is 9.90 Å². The third-order valence-electron chi connectivity index (χ3n) is 0. The van der Waals surface area contributed by atoms with Gasteiger partial charge in [-0.05, 0) is 0 Å². The van der Waals surface area contributed by atoms with Crippen LogP contribution in [0.4, 0.5) is 0 Å². The molecule has 0 aliphatic heterocycles. The maximum atomic E-state index is 9.00. The van der Waals surface area contributed by atoms with Crippen molar-refractivity contribution in [2.75, 3.05) is 0 Å². The molecule has 0 aliphatic carbocycles. The Balaban J connectivity index is -0.0000000450. The molecule has 4 heteroatoms. The number of carboxylic acid groups (broad SMARTS) is 1. The van der Waals surface area contributed by atoms with Crippen molar-refractivity contribution in [3.63, 3.8) is 0 Å². The second kappa shape index (κ2) is 9.28. The van der Waals surface area contributed by atoms with Crippen LogP contribution in [0.1, 0.15) is 6.92 Å². The molecule has 1 N–H and O–H groups in total. The summed E-state index contributed by atoms with van der Waals surface area (Å²) < 4.78 is 0. The molecule has 36 valence electrons. The number of hydrogen-bond acceptors (Lipinski definition) is 1. The molecule has 0 aromatic heterocycles. The molecule has 0 radical (unpaired) electrons. The maximum absolute atomic E-state index is 9.00. The van der Waals surface area contributed by atoms with E-state index in [9.17, 15) is 0 Å². The summed E-state index contributed by atoms with van der Waals surface area (Å²) in [6.45, 7) is 1.08. The predicted octanol–water partition coefficient (Wildman–Crippen LogP) is 0.0859. The van der Waals surface area contributed by atoms with Crippen LogP contribution in [0.3, 0.4) is 0 Å². The molecule has 0 bridgehead atoms. The molecular weight excluding hydrogens is 424 g/mol. The molecule has 0 saturated carbocycles. The first-order valence-electron chi connectivity index (χ1n) is 0.928. The zero-order valence-electron chi connectivity index (χ0n) is 3.17. The van der Waals surface area contributed by atoms with Gasteiger partial charge in [0, 0.05) is 49.1 Å². The Labute approximate surface area is 64.8 Å². The van der Waals surface area contributed by atoms with Crippen molar-refractivity contribution in [1.82, 2.24) is 0 Å². The summed E-state index contributed by atoms with van der Waals surface area (Å²) >= 11 is 0. The minimum atomic E-state index is -0.833. The Bertz CT molecular complexity index is 32.5. The Hall–Kier alpha value is 0.847. The quantitative estimate of drug-likeness (QED) is 0.595. The number of carboxylic acids is 1. The van der Waals surface area contributed by atoms with Crippen LogP contribution in [0.15, 0.2) is 0 Å². The first-order valence-corrected chi connectivity index (χ1v) is 0.928. The fraction of sp³-hybridized carbons (Fsp3) is 0.500. The Kier molecular flexibility index (Phi) is 24.5. The monoisotopic (exact) mass is 428 g/mol. The van der Waals surface area contributed by atoms with Gasteiger partial charge in [0.2, 0.25) is 0 Å². The minimum Gasteiger partial charge on any atom is -0.481 e. The summed E-state index contributed by atoms with van der Waals surface area (Å²) in [5, 5.41) is 7.42. The molecule has 2 nitrogen and oxygen atoms in total. The van der Waals surface area contributed by atoms with Crippen molar-refractivity contribution in [3.05, 3.63) is 0 Å². The fourth-order valence-corrected chi connectivity index (χ4v) is 0. The molecule has 0 amide bonds. The zero-order valence-corrected chi connectivity index (χ0v) is 9.04. The molecule has 0 atom stereocenters. The van der Waals surface area contributed by atoms with E-state index in [1.807, 2.05) is 0 Å². The van der Waals surface area contributed by atoms with E-state index in [2.05, 4.69) is 0 Å². The second-order valence-electron chi connectivity index (χ2n) is 0.519. The average Bonchev–Trinajstić information content (AvgIpc) is 0.811. The van der Waals surface area contributed by atoms with E-state index < -0.39 is 5.97 Å². The van der Waals surface area contributed by atoms with Gasteiger partial charge in [0.15, 0.2) is 0 Å². The van der Waals surface area contributed by atoms with Gasteiger partial charge in [-0.2, -0.15) is 0 Å². The first kappa shape index (κ1) is 15.8. The number of hydrogen-bond donors (Lipinski definition) is 1. The van der Waals surface area contributed by atoms with Crippen LogP contribution in [0, 0.1) is 0 Å². The minimum absolute atomic E-state index is 0. The third kappa shape index (κ3) is 100. The van der Waals surface area contributed by atoms with Gasteiger partial charge in [0.1, 0.15) is 0 Å². The molecule has 0 aliphatic rings. The SMILES string of the molecule is CC(=O)O.[W].[W]. The summed E-state index contributed by atoms with van der Waals surface area (Å²) in [6.07, 6.45) is 0. The van der Waals surface area contributed by atoms with Gasteiger partial charge in [-0.15, -0.1) is 0 Å². The second-order valence-corrected chi connectivity index (χ2v) is 0.519. The zero-order chi connectivity index (χ0) is 3.58. The Morgan fingerprint density at radius 2 is 1.50 bits per heavy atom. The molecule has 0 saturated heterocycles. The van der Waals surface area contributed by atoms with Gasteiger partial charge < -0.3 is 5.11 Å². The van der Waals surface area contributed by atoms with Gasteiger partial charge in [0.05, 0.1) is 0 Å². The van der Waals surface area contributed by atoms with Crippen molar-refractivity contribution >= 4 is 5.97 Å². The summed E-state index contributed by atoms with van der Waals surface area (Å²) in [7, 11) is 0. The van der Waals surface area contributed by atoms with Crippen LogP contribution in [-0.2, 0) is 46.9 Å². The van der Waals surface area contributed by atoms with Crippen LogP contribution >= 0.6 is 0 Å². The summed E-state index contributed by atoms with van der Waals surface area (Å²) in [5.41, 5.74) is 0. The molecule has 0 spiro atoms. The average molecular weight is 428 g/mol. The normalized spacial score (nSPS) is 4.17. The first-order chi connectivity index (χ1) is 1.73. The van der Waals surface area contributed by atoms with E-state index in [0.29, 0.717) is 0 Å². The standard InChI is InChI=1S/C2H4O2.2W/c1-2(3)4;;/h1H3,(H,3,4);;. The Morgan fingerprint density at radius 1 is 1.50 bits per heavy atom. The van der Waals surface area contributed by atoms with Gasteiger partial charge in [-0.1, -0.05) is 0 Å². The largest absolute Gasteiger partial charge is 0.481 e. The molecule has 0 aromatic rings. The van der Waals surface area contributed by atoms with Crippen LogP contribution in [0.25, 0.3) is 0 Å². The molecule has 6 heavy (non-hydrogen) atoms. The fourth-order valence-electron chi connectivity index (χ4n) is 0. The van der Waals surface area contributed by atoms with Crippen LogP contribution in [0.2, 0.25) is 0 Å². The summed E-state index contributed by atoms with van der Waals surface area (Å²) in [6, 6.07) is 0. The molecule has 0 rings (SSSR count). The summed E-state index contributed by atoms with van der Waals surface area (Å²) in [4.78, 5) is 9.00. The van der Waals surface area contributed by atoms with Crippen molar-refractivity contribution in [2.24, 2.45) is 0 Å². The molecule has 0 unspecified atom stereocenters. The molecular formula is C2H4O2W2. The van der Waals surface area contributed by atoms with Crippen LogP contribution in [0.5, 0.6) is 0 Å². The van der Waals surface area contributed by atoms with Gasteiger partial charge in [-0.3, -0.25) is 4.79 Å². The van der Waals surface area contributed by atoms with Crippen molar-refractivity contribution in [1.29, 1.82) is 0 Å². The van der Waals surface area contributed by atoms with Crippen molar-refractivity contribution in [3.8, 4) is 0 Å². The smallest absolute Gasteiger partial charge is 0.300 e. The maximum Gasteiger partial charge on any atom is 0.300 e. The van der Waals surface area contributed by atoms with Crippen molar-refractivity contribution < 1.29 is 52.0 Å². The number of rotatable bonds is 0. The van der Waals surface area contributed by atoms with Gasteiger partial charge >= 0.3 is 0 Å². The number of aliphatic carboxylic acids is 1. The topological polar surface area (TPSA) is 37.3 Å². The van der Waals surface area contributed by atoms with E-state index >= 15 is 0 Å². The summed E-state index contributed by atoms with van der Waals surface area (Å²) in [5.74, 6) is -0.833. The third-order valence-corrected chi connectivity index (χ3v) is 0. The molecule has 0 fully saturated rings. The predicted molar refractivity (Wildman–Crippen MR) is 13.3 cm³/mol. The number of carbonyl (C=O) groups is 1. The van der Waals surface area contributed by atoms with Gasteiger partial charge in [-0.25, -0.2) is 0 Å². The van der Waals surface area contributed by atoms with Gasteiger partial charge in [0.25, 0.3) is 5.97 Å². The van der Waals surface area contributed by atoms with E-state index in [-0.39, 0.29) is 42.1 Å². The van der Waals surface area contributed by atoms with Crippen LogP contribution < -0.4 is 0 Å². The van der Waals surface area contributed by atoms with Crippen molar-refractivity contribution in [2.45, 2.75) is 6.92 Å². The Morgan fingerprint density at radius 3 is 1.50 bits per heavy atom. The molecule has 0 aromatic carbocycles. The van der Waals surface area contributed by atoms with E-state index in [0.717, 1.165) is 6.92 Å². The van der Waals surface area contributed by atoms with Crippen LogP contribution in [-0.4, -0.2) is 11.1 Å². The molecule has 0 heterocycles. The van der Waals surface area contributed by atoms with E-state index in [1.165, 1.54) is 0 Å². The van der Waals surface area contributed by atoms with E-state index in [1.54, 1.807) is 0 Å².